The maximum Gasteiger partial charge on any atom is 0.157 e. The molecule has 4 heteroatoms. The Balaban J connectivity index is 1.69. The van der Waals surface area contributed by atoms with Gasteiger partial charge in [-0.1, -0.05) is 30.3 Å². The molecular weight excluding hydrogens is 282 g/mol. The molecule has 2 aliphatic rings. The highest BCUT2D eigenvalue weighted by atomic mass is 32.2. The van der Waals surface area contributed by atoms with Gasteiger partial charge in [0, 0.05) is 12.5 Å². The minimum atomic E-state index is -0.496. The fourth-order valence-electron chi connectivity index (χ4n) is 3.44. The standard InChI is InChI=1S/C17H23NO2S/c18-15(13-4-2-1-3-5-13)16(19)14-6-9-20-17(12-14)7-10-21-11-8-17/h1-5,14-15H,6-12,18H2/t14?,15-/m1/s1. The molecule has 1 aromatic rings. The SMILES string of the molecule is N[C@@H](C(=O)C1CCOC2(CCSCC2)C1)c1ccccc1. The van der Waals surface area contributed by atoms with Crippen molar-refractivity contribution < 1.29 is 9.53 Å². The quantitative estimate of drug-likeness (QED) is 0.933. The molecule has 0 aliphatic carbocycles. The predicted octanol–water partition coefficient (Wildman–Crippen LogP) is 2.95. The molecule has 114 valence electrons. The van der Waals surface area contributed by atoms with E-state index in [0.717, 1.165) is 42.8 Å². The number of rotatable bonds is 3. The summed E-state index contributed by atoms with van der Waals surface area (Å²) in [6, 6.07) is 9.20. The molecule has 2 heterocycles. The number of nitrogens with two attached hydrogens (primary N) is 1. The molecule has 0 saturated carbocycles. The molecule has 2 saturated heterocycles. The number of ketones is 1. The first-order valence-corrected chi connectivity index (χ1v) is 8.92. The number of carbonyl (C=O) groups excluding carboxylic acids is 1. The van der Waals surface area contributed by atoms with Crippen molar-refractivity contribution in [2.45, 2.75) is 37.3 Å². The van der Waals surface area contributed by atoms with E-state index in [0.29, 0.717) is 6.61 Å². The third kappa shape index (κ3) is 3.33. The average molecular weight is 305 g/mol. The first-order valence-electron chi connectivity index (χ1n) is 7.76. The summed E-state index contributed by atoms with van der Waals surface area (Å²) in [6.45, 7) is 0.697. The Bertz CT molecular complexity index is 479. The number of thioether (sulfide) groups is 1. The monoisotopic (exact) mass is 305 g/mol. The van der Waals surface area contributed by atoms with Crippen LogP contribution in [-0.4, -0.2) is 29.5 Å². The van der Waals surface area contributed by atoms with Crippen LogP contribution in [0, 0.1) is 5.92 Å². The summed E-state index contributed by atoms with van der Waals surface area (Å²) in [5.41, 5.74) is 7.06. The van der Waals surface area contributed by atoms with Crippen LogP contribution >= 0.6 is 11.8 Å². The largest absolute Gasteiger partial charge is 0.375 e. The molecule has 2 aliphatic heterocycles. The van der Waals surface area contributed by atoms with Crippen molar-refractivity contribution in [1.82, 2.24) is 0 Å². The minimum Gasteiger partial charge on any atom is -0.375 e. The van der Waals surface area contributed by atoms with Gasteiger partial charge in [0.2, 0.25) is 0 Å². The van der Waals surface area contributed by atoms with Crippen LogP contribution in [0.25, 0.3) is 0 Å². The molecule has 3 rings (SSSR count). The Labute approximate surface area is 130 Å². The second-order valence-electron chi connectivity index (χ2n) is 6.12. The van der Waals surface area contributed by atoms with Crippen molar-refractivity contribution in [2.24, 2.45) is 11.7 Å². The van der Waals surface area contributed by atoms with Crippen LogP contribution in [-0.2, 0) is 9.53 Å². The number of hydrogen-bond donors (Lipinski definition) is 1. The van der Waals surface area contributed by atoms with Gasteiger partial charge >= 0.3 is 0 Å². The molecule has 0 bridgehead atoms. The zero-order valence-electron chi connectivity index (χ0n) is 12.3. The third-order valence-electron chi connectivity index (χ3n) is 4.76. The zero-order valence-corrected chi connectivity index (χ0v) is 13.1. The van der Waals surface area contributed by atoms with E-state index in [4.69, 9.17) is 10.5 Å². The predicted molar refractivity (Wildman–Crippen MR) is 86.3 cm³/mol. The average Bonchev–Trinajstić information content (AvgIpc) is 2.55. The van der Waals surface area contributed by atoms with E-state index in [1.165, 1.54) is 0 Å². The molecule has 21 heavy (non-hydrogen) atoms. The smallest absolute Gasteiger partial charge is 0.157 e. The van der Waals surface area contributed by atoms with Crippen molar-refractivity contribution >= 4 is 17.5 Å². The summed E-state index contributed by atoms with van der Waals surface area (Å²) in [4.78, 5) is 12.7. The van der Waals surface area contributed by atoms with Crippen LogP contribution in [0.3, 0.4) is 0 Å². The maximum atomic E-state index is 12.7. The highest BCUT2D eigenvalue weighted by molar-refractivity contribution is 7.99. The fourth-order valence-corrected chi connectivity index (χ4v) is 4.68. The summed E-state index contributed by atoms with van der Waals surface area (Å²) >= 11 is 1.99. The first-order chi connectivity index (χ1) is 10.2. The van der Waals surface area contributed by atoms with E-state index in [1.807, 2.05) is 42.1 Å². The Morgan fingerprint density at radius 1 is 1.29 bits per heavy atom. The molecule has 2 fully saturated rings. The van der Waals surface area contributed by atoms with E-state index in [9.17, 15) is 4.79 Å². The van der Waals surface area contributed by atoms with E-state index < -0.39 is 6.04 Å². The van der Waals surface area contributed by atoms with Gasteiger partial charge in [0.25, 0.3) is 0 Å². The molecule has 1 aromatic carbocycles. The summed E-state index contributed by atoms with van der Waals surface area (Å²) < 4.78 is 6.07. The highest BCUT2D eigenvalue weighted by Crippen LogP contribution is 2.40. The summed E-state index contributed by atoms with van der Waals surface area (Å²) in [5, 5.41) is 0. The molecule has 0 radical (unpaired) electrons. The maximum absolute atomic E-state index is 12.7. The molecule has 0 aromatic heterocycles. The number of hydrogen-bond acceptors (Lipinski definition) is 4. The summed E-state index contributed by atoms with van der Waals surface area (Å²) in [7, 11) is 0. The van der Waals surface area contributed by atoms with Crippen molar-refractivity contribution in [3.63, 3.8) is 0 Å². The van der Waals surface area contributed by atoms with Crippen LogP contribution in [0.2, 0.25) is 0 Å². The van der Waals surface area contributed by atoms with Crippen LogP contribution < -0.4 is 5.73 Å². The lowest BCUT2D eigenvalue weighted by atomic mass is 9.78. The summed E-state index contributed by atoms with van der Waals surface area (Å²) in [6.07, 6.45) is 3.81. The van der Waals surface area contributed by atoms with E-state index in [2.05, 4.69) is 0 Å². The van der Waals surface area contributed by atoms with Crippen LogP contribution in [0.5, 0.6) is 0 Å². The molecule has 0 amide bonds. The lowest BCUT2D eigenvalue weighted by molar-refractivity contribution is -0.139. The Morgan fingerprint density at radius 3 is 2.71 bits per heavy atom. The van der Waals surface area contributed by atoms with Gasteiger partial charge in [-0.15, -0.1) is 0 Å². The Hall–Kier alpha value is -0.840. The van der Waals surface area contributed by atoms with E-state index in [1.54, 1.807) is 0 Å². The Kier molecular flexibility index (Phi) is 4.67. The van der Waals surface area contributed by atoms with Gasteiger partial charge in [-0.05, 0) is 42.8 Å². The second kappa shape index (κ2) is 6.51. The molecule has 1 spiro atoms. The van der Waals surface area contributed by atoms with Crippen LogP contribution in [0.4, 0.5) is 0 Å². The Morgan fingerprint density at radius 2 is 2.00 bits per heavy atom. The highest BCUT2D eigenvalue weighted by Gasteiger charge is 2.41. The number of benzene rings is 1. The van der Waals surface area contributed by atoms with E-state index >= 15 is 0 Å². The molecule has 2 atom stereocenters. The topological polar surface area (TPSA) is 52.3 Å². The van der Waals surface area contributed by atoms with Crippen molar-refractivity contribution in [1.29, 1.82) is 0 Å². The minimum absolute atomic E-state index is 0.0528. The zero-order chi connectivity index (χ0) is 14.7. The van der Waals surface area contributed by atoms with Gasteiger partial charge in [-0.3, -0.25) is 4.79 Å². The number of Topliss-reactive ketones (excluding diaryl/α,β-unsaturated/α-hetero) is 1. The molecule has 3 nitrogen and oxygen atoms in total. The van der Waals surface area contributed by atoms with Gasteiger partial charge < -0.3 is 10.5 Å². The second-order valence-corrected chi connectivity index (χ2v) is 7.35. The van der Waals surface area contributed by atoms with Crippen LogP contribution in [0.15, 0.2) is 30.3 Å². The number of carbonyl (C=O) groups is 1. The molecule has 1 unspecified atom stereocenters. The van der Waals surface area contributed by atoms with Gasteiger partial charge in [-0.2, -0.15) is 11.8 Å². The van der Waals surface area contributed by atoms with E-state index in [-0.39, 0.29) is 17.3 Å². The third-order valence-corrected chi connectivity index (χ3v) is 5.75. The van der Waals surface area contributed by atoms with Gasteiger partial charge in [0.1, 0.15) is 0 Å². The van der Waals surface area contributed by atoms with Gasteiger partial charge in [0.05, 0.1) is 11.6 Å². The molecule has 2 N–H and O–H groups in total. The lowest BCUT2D eigenvalue weighted by Crippen LogP contribution is -2.45. The fraction of sp³-hybridized carbons (Fsp3) is 0.588. The van der Waals surface area contributed by atoms with Crippen molar-refractivity contribution in [3.05, 3.63) is 35.9 Å². The lowest BCUT2D eigenvalue weighted by Gasteiger charge is -2.43. The van der Waals surface area contributed by atoms with Crippen LogP contribution in [0.1, 0.15) is 37.3 Å². The van der Waals surface area contributed by atoms with Gasteiger partial charge in [0.15, 0.2) is 5.78 Å². The van der Waals surface area contributed by atoms with Crippen molar-refractivity contribution in [3.8, 4) is 0 Å². The van der Waals surface area contributed by atoms with Gasteiger partial charge in [-0.25, -0.2) is 0 Å². The number of ether oxygens (including phenoxy) is 1. The normalized spacial score (nSPS) is 26.4. The molecular formula is C17H23NO2S. The van der Waals surface area contributed by atoms with Crippen molar-refractivity contribution in [2.75, 3.05) is 18.1 Å². The first kappa shape index (κ1) is 15.1. The summed E-state index contributed by atoms with van der Waals surface area (Å²) in [5.74, 6) is 2.52.